The van der Waals surface area contributed by atoms with Gasteiger partial charge in [0, 0.05) is 18.2 Å². The number of hydrogen-bond acceptors (Lipinski definition) is 5. The van der Waals surface area contributed by atoms with Crippen molar-refractivity contribution in [2.45, 2.75) is 18.6 Å². The van der Waals surface area contributed by atoms with Gasteiger partial charge in [0.15, 0.2) is 9.84 Å². The summed E-state index contributed by atoms with van der Waals surface area (Å²) in [5.74, 6) is 5.25. The summed E-state index contributed by atoms with van der Waals surface area (Å²) >= 11 is 1.35. The van der Waals surface area contributed by atoms with E-state index >= 15 is 0 Å². The lowest BCUT2D eigenvalue weighted by atomic mass is 10.2. The Morgan fingerprint density at radius 3 is 2.70 bits per heavy atom. The summed E-state index contributed by atoms with van der Waals surface area (Å²) in [6.07, 6.45) is 1.16. The van der Waals surface area contributed by atoms with Crippen LogP contribution in [0.2, 0.25) is 0 Å². The second-order valence-corrected chi connectivity index (χ2v) is 8.48. The molecule has 0 spiro atoms. The van der Waals surface area contributed by atoms with Gasteiger partial charge in [0.05, 0.1) is 21.7 Å². The van der Waals surface area contributed by atoms with Crippen molar-refractivity contribution in [1.82, 2.24) is 5.32 Å². The molecule has 0 fully saturated rings. The fraction of sp³-hybridized carbons (Fsp3) is 0.462. The lowest BCUT2D eigenvalue weighted by Gasteiger charge is -2.22. The van der Waals surface area contributed by atoms with E-state index in [4.69, 9.17) is 5.73 Å². The van der Waals surface area contributed by atoms with Crippen molar-refractivity contribution >= 4 is 27.1 Å². The first kappa shape index (κ1) is 16.7. The number of thiophene rings is 1. The Balaban J connectivity index is 2.71. The minimum absolute atomic E-state index is 0.0598. The molecular formula is C13H18N2O3S2. The summed E-state index contributed by atoms with van der Waals surface area (Å²) in [7, 11) is -3.24. The number of sulfone groups is 1. The predicted octanol–water partition coefficient (Wildman–Crippen LogP) is 0.611. The smallest absolute Gasteiger partial charge is 0.252 e. The summed E-state index contributed by atoms with van der Waals surface area (Å²) < 4.78 is 22.1. The molecule has 110 valence electrons. The van der Waals surface area contributed by atoms with Crippen LogP contribution in [0, 0.1) is 11.8 Å². The first-order chi connectivity index (χ1) is 9.17. The van der Waals surface area contributed by atoms with Gasteiger partial charge in [0.25, 0.3) is 5.91 Å². The third kappa shape index (κ3) is 4.34. The maximum Gasteiger partial charge on any atom is 0.252 e. The van der Waals surface area contributed by atoms with Crippen LogP contribution < -0.4 is 11.1 Å². The van der Waals surface area contributed by atoms with Gasteiger partial charge in [-0.15, -0.1) is 11.3 Å². The van der Waals surface area contributed by atoms with Crippen molar-refractivity contribution in [1.29, 1.82) is 0 Å². The monoisotopic (exact) mass is 314 g/mol. The van der Waals surface area contributed by atoms with E-state index < -0.39 is 14.6 Å². The number of carbonyl (C=O) groups is 1. The molecular weight excluding hydrogens is 296 g/mol. The number of hydrogen-bond donors (Lipinski definition) is 2. The van der Waals surface area contributed by atoms with E-state index in [0.29, 0.717) is 5.56 Å². The lowest BCUT2D eigenvalue weighted by molar-refractivity contribution is 0.0951. The van der Waals surface area contributed by atoms with Gasteiger partial charge in [0.1, 0.15) is 0 Å². The minimum Gasteiger partial charge on any atom is -0.350 e. The molecule has 7 heteroatoms. The van der Waals surface area contributed by atoms with Gasteiger partial charge in [-0.05, 0) is 19.9 Å². The molecule has 0 saturated heterocycles. The maximum atomic E-state index is 11.9. The summed E-state index contributed by atoms with van der Waals surface area (Å²) in [6, 6.07) is 1.66. The van der Waals surface area contributed by atoms with Crippen LogP contribution in [0.15, 0.2) is 11.4 Å². The molecule has 1 aromatic rings. The largest absolute Gasteiger partial charge is 0.350 e. The Morgan fingerprint density at radius 1 is 1.50 bits per heavy atom. The zero-order valence-corrected chi connectivity index (χ0v) is 13.3. The van der Waals surface area contributed by atoms with Gasteiger partial charge in [-0.1, -0.05) is 11.8 Å². The van der Waals surface area contributed by atoms with E-state index in [-0.39, 0.29) is 19.0 Å². The van der Waals surface area contributed by atoms with E-state index in [2.05, 4.69) is 17.2 Å². The van der Waals surface area contributed by atoms with Crippen LogP contribution in [0.25, 0.3) is 0 Å². The Morgan fingerprint density at radius 2 is 2.15 bits per heavy atom. The fourth-order valence-corrected chi connectivity index (χ4v) is 2.27. The van der Waals surface area contributed by atoms with E-state index in [9.17, 15) is 13.2 Å². The molecule has 0 unspecified atom stereocenters. The van der Waals surface area contributed by atoms with Gasteiger partial charge >= 0.3 is 0 Å². The lowest BCUT2D eigenvalue weighted by Crippen LogP contribution is -2.43. The molecule has 0 aliphatic heterocycles. The first-order valence-corrected chi connectivity index (χ1v) is 8.70. The molecule has 1 amide bonds. The predicted molar refractivity (Wildman–Crippen MR) is 81.5 cm³/mol. The van der Waals surface area contributed by atoms with Crippen LogP contribution in [0.3, 0.4) is 0 Å². The Labute approximate surface area is 123 Å². The number of nitrogens with one attached hydrogen (secondary N) is 1. The molecule has 1 rings (SSSR count). The topological polar surface area (TPSA) is 89.3 Å². The van der Waals surface area contributed by atoms with Gasteiger partial charge in [-0.3, -0.25) is 4.79 Å². The van der Waals surface area contributed by atoms with E-state index in [1.54, 1.807) is 25.3 Å². The van der Waals surface area contributed by atoms with Crippen LogP contribution in [0.4, 0.5) is 0 Å². The molecule has 0 saturated carbocycles. The Bertz CT molecular complexity index is 649. The molecule has 1 aromatic heterocycles. The van der Waals surface area contributed by atoms with Gasteiger partial charge in [0.2, 0.25) is 0 Å². The van der Waals surface area contributed by atoms with Gasteiger partial charge in [-0.2, -0.15) is 0 Å². The second-order valence-electron chi connectivity index (χ2n) is 4.92. The molecule has 1 heterocycles. The Kier molecular flexibility index (Phi) is 5.34. The highest BCUT2D eigenvalue weighted by Gasteiger charge is 2.30. The maximum absolute atomic E-state index is 11.9. The zero-order chi connectivity index (χ0) is 15.4. The van der Waals surface area contributed by atoms with Crippen LogP contribution >= 0.6 is 11.3 Å². The second kappa shape index (κ2) is 6.39. The summed E-state index contributed by atoms with van der Waals surface area (Å²) in [6.45, 7) is 3.48. The van der Waals surface area contributed by atoms with Crippen molar-refractivity contribution in [3.05, 3.63) is 21.9 Å². The van der Waals surface area contributed by atoms with Crippen LogP contribution in [0.1, 0.15) is 29.1 Å². The average Bonchev–Trinajstić information content (AvgIpc) is 2.81. The number of carbonyl (C=O) groups excluding carboxylic acids is 1. The van der Waals surface area contributed by atoms with Crippen molar-refractivity contribution in [2.24, 2.45) is 5.73 Å². The van der Waals surface area contributed by atoms with E-state index in [1.807, 2.05) is 0 Å². The minimum atomic E-state index is -3.24. The summed E-state index contributed by atoms with van der Waals surface area (Å²) in [5, 5.41) is 4.31. The van der Waals surface area contributed by atoms with Crippen LogP contribution in [-0.4, -0.2) is 38.4 Å². The van der Waals surface area contributed by atoms with E-state index in [0.717, 1.165) is 11.1 Å². The highest BCUT2D eigenvalue weighted by molar-refractivity contribution is 7.92. The quantitative estimate of drug-likeness (QED) is 0.797. The van der Waals surface area contributed by atoms with Crippen molar-refractivity contribution in [3.63, 3.8) is 0 Å². The number of rotatable bonds is 4. The van der Waals surface area contributed by atoms with Gasteiger partial charge in [-0.25, -0.2) is 8.42 Å². The standard InChI is InChI=1S/C13H18N2O3S2/c1-13(2,20(3,17)18)9-15-12(16)10-7-11(19-8-10)5-4-6-14/h7-8H,6,9,14H2,1-3H3,(H,15,16). The van der Waals surface area contributed by atoms with Crippen LogP contribution in [0.5, 0.6) is 0 Å². The molecule has 3 N–H and O–H groups in total. The molecule has 0 aliphatic carbocycles. The molecule has 20 heavy (non-hydrogen) atoms. The molecule has 5 nitrogen and oxygen atoms in total. The third-order valence-corrected chi connectivity index (χ3v) is 5.85. The van der Waals surface area contributed by atoms with Crippen LogP contribution in [-0.2, 0) is 9.84 Å². The normalized spacial score (nSPS) is 11.6. The van der Waals surface area contributed by atoms with Crippen molar-refractivity contribution in [3.8, 4) is 11.8 Å². The SMILES string of the molecule is CC(C)(CNC(=O)c1csc(C#CCN)c1)S(C)(=O)=O. The Hall–Kier alpha value is -1.36. The zero-order valence-electron chi connectivity index (χ0n) is 11.7. The number of amides is 1. The van der Waals surface area contributed by atoms with Crippen molar-refractivity contribution < 1.29 is 13.2 Å². The summed E-state index contributed by atoms with van der Waals surface area (Å²) in [5.41, 5.74) is 5.75. The van der Waals surface area contributed by atoms with Gasteiger partial charge < -0.3 is 11.1 Å². The van der Waals surface area contributed by atoms with E-state index in [1.165, 1.54) is 11.3 Å². The van der Waals surface area contributed by atoms with Crippen molar-refractivity contribution in [2.75, 3.05) is 19.3 Å². The number of nitrogens with two attached hydrogens (primary N) is 1. The molecule has 0 aliphatic rings. The molecule has 0 atom stereocenters. The highest BCUT2D eigenvalue weighted by Crippen LogP contribution is 2.16. The molecule has 0 radical (unpaired) electrons. The highest BCUT2D eigenvalue weighted by atomic mass is 32.2. The first-order valence-electron chi connectivity index (χ1n) is 5.92. The summed E-state index contributed by atoms with van der Waals surface area (Å²) in [4.78, 5) is 12.7. The third-order valence-electron chi connectivity index (χ3n) is 2.85. The molecule has 0 bridgehead atoms. The molecule has 0 aromatic carbocycles. The fourth-order valence-electron chi connectivity index (χ4n) is 1.19. The average molecular weight is 314 g/mol.